The Bertz CT molecular complexity index is 149. The number of alkyl carbamates (subject to hydrolysis) is 1. The number of hydrogen-bond acceptors (Lipinski definition) is 3. The second-order valence-electron chi connectivity index (χ2n) is 2.56. The molecule has 4 nitrogen and oxygen atoms in total. The summed E-state index contributed by atoms with van der Waals surface area (Å²) in [6.45, 7) is 0.978. The van der Waals surface area contributed by atoms with E-state index in [9.17, 15) is 4.79 Å². The van der Waals surface area contributed by atoms with E-state index in [4.69, 9.17) is 4.74 Å². The van der Waals surface area contributed by atoms with Crippen molar-refractivity contribution in [2.75, 3.05) is 20.6 Å². The van der Waals surface area contributed by atoms with Gasteiger partial charge in [-0.3, -0.25) is 4.90 Å². The molecule has 0 aromatic rings. The zero-order chi connectivity index (χ0) is 8.27. The molecule has 1 N–H and O–H groups in total. The van der Waals surface area contributed by atoms with Crippen LogP contribution in [0.3, 0.4) is 0 Å². The van der Waals surface area contributed by atoms with Gasteiger partial charge in [0.1, 0.15) is 0 Å². The van der Waals surface area contributed by atoms with Crippen molar-refractivity contribution >= 4 is 6.09 Å². The normalized spacial score (nSPS) is 20.2. The summed E-state index contributed by atoms with van der Waals surface area (Å²) in [4.78, 5) is 12.7. The van der Waals surface area contributed by atoms with Crippen molar-refractivity contribution in [3.8, 4) is 0 Å². The summed E-state index contributed by atoms with van der Waals surface area (Å²) in [5, 5.41) is 2.40. The third-order valence-corrected chi connectivity index (χ3v) is 1.72. The van der Waals surface area contributed by atoms with Crippen molar-refractivity contribution in [2.24, 2.45) is 0 Å². The molecule has 1 aliphatic rings. The maximum atomic E-state index is 10.7. The van der Waals surface area contributed by atoms with E-state index in [2.05, 4.69) is 5.32 Å². The van der Waals surface area contributed by atoms with Gasteiger partial charge in [0.15, 0.2) is 0 Å². The van der Waals surface area contributed by atoms with Gasteiger partial charge in [-0.25, -0.2) is 4.79 Å². The van der Waals surface area contributed by atoms with Crippen LogP contribution in [0.15, 0.2) is 0 Å². The number of nitrogens with one attached hydrogen (secondary N) is 1. The Morgan fingerprint density at radius 2 is 2.45 bits per heavy atom. The molecule has 0 aromatic heterocycles. The monoisotopic (exact) mass is 157 g/mol. The molecule has 0 unspecified atom stereocenters. The summed E-state index contributed by atoms with van der Waals surface area (Å²) >= 11 is 0. The molecule has 0 aromatic carbocycles. The molecule has 63 valence electrons. The molecule has 1 saturated heterocycles. The SMILES string of the molecule is CNC(=O)O[C]1CCCN1C. The van der Waals surface area contributed by atoms with Crippen LogP contribution in [0, 0.1) is 6.23 Å². The highest BCUT2D eigenvalue weighted by Crippen LogP contribution is 2.22. The van der Waals surface area contributed by atoms with Crippen LogP contribution in [-0.4, -0.2) is 31.6 Å². The minimum absolute atomic E-state index is 0.381. The highest BCUT2D eigenvalue weighted by atomic mass is 16.6. The fraction of sp³-hybridized carbons (Fsp3) is 0.714. The van der Waals surface area contributed by atoms with E-state index in [0.717, 1.165) is 25.6 Å². The number of likely N-dealkylation sites (tertiary alicyclic amines) is 1. The number of amides is 1. The van der Waals surface area contributed by atoms with Crippen LogP contribution in [0.1, 0.15) is 12.8 Å². The number of hydrogen-bond donors (Lipinski definition) is 1. The van der Waals surface area contributed by atoms with Crippen molar-refractivity contribution in [1.82, 2.24) is 10.2 Å². The molecule has 0 bridgehead atoms. The Morgan fingerprint density at radius 3 is 2.91 bits per heavy atom. The van der Waals surface area contributed by atoms with Gasteiger partial charge in [0.25, 0.3) is 0 Å². The Kier molecular flexibility index (Phi) is 2.70. The van der Waals surface area contributed by atoms with Gasteiger partial charge < -0.3 is 10.1 Å². The van der Waals surface area contributed by atoms with E-state index in [0.29, 0.717) is 0 Å². The highest BCUT2D eigenvalue weighted by molar-refractivity contribution is 5.67. The van der Waals surface area contributed by atoms with Crippen molar-refractivity contribution in [3.63, 3.8) is 0 Å². The summed E-state index contributed by atoms with van der Waals surface area (Å²) in [5.41, 5.74) is 0. The number of nitrogens with zero attached hydrogens (tertiary/aromatic N) is 1. The van der Waals surface area contributed by atoms with Crippen LogP contribution in [-0.2, 0) is 4.74 Å². The first-order valence-corrected chi connectivity index (χ1v) is 3.70. The Labute approximate surface area is 66.5 Å². The van der Waals surface area contributed by atoms with Gasteiger partial charge in [0.05, 0.1) is 0 Å². The van der Waals surface area contributed by atoms with E-state index in [1.807, 2.05) is 11.9 Å². The average Bonchev–Trinajstić information content (AvgIpc) is 2.37. The summed E-state index contributed by atoms with van der Waals surface area (Å²) in [7, 11) is 3.48. The van der Waals surface area contributed by atoms with Crippen LogP contribution >= 0.6 is 0 Å². The summed E-state index contributed by atoms with van der Waals surface area (Å²) < 4.78 is 4.97. The van der Waals surface area contributed by atoms with Gasteiger partial charge in [0, 0.05) is 20.0 Å². The maximum Gasteiger partial charge on any atom is 0.408 e. The first-order chi connectivity index (χ1) is 5.24. The molecule has 0 saturated carbocycles. The van der Waals surface area contributed by atoms with Gasteiger partial charge in [-0.05, 0) is 13.5 Å². The van der Waals surface area contributed by atoms with Crippen LogP contribution in [0.25, 0.3) is 0 Å². The fourth-order valence-electron chi connectivity index (χ4n) is 1.07. The molecule has 0 spiro atoms. The first kappa shape index (κ1) is 8.33. The van der Waals surface area contributed by atoms with Crippen molar-refractivity contribution < 1.29 is 9.53 Å². The standard InChI is InChI=1S/C7H13N2O2/c1-8-7(10)11-6-4-3-5-9(6)2/h3-5H2,1-2H3,(H,8,10). The maximum absolute atomic E-state index is 10.7. The first-order valence-electron chi connectivity index (χ1n) is 3.70. The van der Waals surface area contributed by atoms with Gasteiger partial charge >= 0.3 is 6.09 Å². The van der Waals surface area contributed by atoms with Gasteiger partial charge in [-0.2, -0.15) is 0 Å². The third-order valence-electron chi connectivity index (χ3n) is 1.72. The topological polar surface area (TPSA) is 41.6 Å². The lowest BCUT2D eigenvalue weighted by molar-refractivity contribution is 0.106. The van der Waals surface area contributed by atoms with Crippen molar-refractivity contribution in [2.45, 2.75) is 12.8 Å². The van der Waals surface area contributed by atoms with Crippen LogP contribution in [0.4, 0.5) is 4.79 Å². The lowest BCUT2D eigenvalue weighted by Gasteiger charge is -2.16. The zero-order valence-electron chi connectivity index (χ0n) is 6.89. The van der Waals surface area contributed by atoms with Crippen molar-refractivity contribution in [3.05, 3.63) is 6.23 Å². The van der Waals surface area contributed by atoms with E-state index in [1.165, 1.54) is 0 Å². The molecule has 1 radical (unpaired) electrons. The second-order valence-corrected chi connectivity index (χ2v) is 2.56. The highest BCUT2D eigenvalue weighted by Gasteiger charge is 2.25. The Balaban J connectivity index is 2.30. The number of ether oxygens (including phenoxy) is 1. The lowest BCUT2D eigenvalue weighted by Crippen LogP contribution is -2.27. The van der Waals surface area contributed by atoms with E-state index in [1.54, 1.807) is 7.05 Å². The fourth-order valence-corrected chi connectivity index (χ4v) is 1.07. The predicted octanol–water partition coefficient (Wildman–Crippen LogP) is 0.557. The number of rotatable bonds is 1. The predicted molar refractivity (Wildman–Crippen MR) is 40.6 cm³/mol. The summed E-state index contributed by atoms with van der Waals surface area (Å²) in [6.07, 6.45) is 2.32. The molecule has 1 aliphatic heterocycles. The number of carbonyl (C=O) groups excluding carboxylic acids is 1. The molecule has 1 heterocycles. The van der Waals surface area contributed by atoms with Gasteiger partial charge in [0.2, 0.25) is 6.23 Å². The summed E-state index contributed by atoms with van der Waals surface area (Å²) in [5.74, 6) is 0. The number of carbonyl (C=O) groups is 1. The molecule has 11 heavy (non-hydrogen) atoms. The minimum Gasteiger partial charge on any atom is -0.422 e. The van der Waals surface area contributed by atoms with Crippen LogP contribution in [0.5, 0.6) is 0 Å². The van der Waals surface area contributed by atoms with E-state index < -0.39 is 0 Å². The summed E-state index contributed by atoms with van der Waals surface area (Å²) in [6, 6.07) is 0. The molecule has 4 heteroatoms. The quantitative estimate of drug-likeness (QED) is 0.604. The van der Waals surface area contributed by atoms with E-state index in [-0.39, 0.29) is 6.09 Å². The van der Waals surface area contributed by atoms with Crippen LogP contribution in [0.2, 0.25) is 0 Å². The molecule has 1 fully saturated rings. The van der Waals surface area contributed by atoms with Gasteiger partial charge in [-0.1, -0.05) is 0 Å². The molecular formula is C7H13N2O2. The van der Waals surface area contributed by atoms with Crippen LogP contribution < -0.4 is 5.32 Å². The Morgan fingerprint density at radius 1 is 1.73 bits per heavy atom. The smallest absolute Gasteiger partial charge is 0.408 e. The van der Waals surface area contributed by atoms with Crippen molar-refractivity contribution in [1.29, 1.82) is 0 Å². The largest absolute Gasteiger partial charge is 0.422 e. The molecule has 1 amide bonds. The van der Waals surface area contributed by atoms with E-state index >= 15 is 0 Å². The third kappa shape index (κ3) is 2.08. The molecule has 0 aliphatic carbocycles. The minimum atomic E-state index is -0.381. The molecule has 0 atom stereocenters. The average molecular weight is 157 g/mol. The molecular weight excluding hydrogens is 144 g/mol. The second kappa shape index (κ2) is 3.57. The molecule has 1 rings (SSSR count). The zero-order valence-corrected chi connectivity index (χ0v) is 6.89. The van der Waals surface area contributed by atoms with Gasteiger partial charge in [-0.15, -0.1) is 0 Å². The lowest BCUT2D eigenvalue weighted by atomic mass is 10.4. The Hall–Kier alpha value is -0.770.